The van der Waals surface area contributed by atoms with Crippen LogP contribution in [0.4, 0.5) is 0 Å². The van der Waals surface area contributed by atoms with Gasteiger partial charge in [0.1, 0.15) is 0 Å². The summed E-state index contributed by atoms with van der Waals surface area (Å²) in [6.07, 6.45) is 1.21. The van der Waals surface area contributed by atoms with Gasteiger partial charge in [0.15, 0.2) is 0 Å². The van der Waals surface area contributed by atoms with Crippen molar-refractivity contribution in [2.45, 2.75) is 32.3 Å². The minimum atomic E-state index is -0.623. The fourth-order valence-corrected chi connectivity index (χ4v) is 1.57. The smallest absolute Gasteiger partial charge is 0.223 e. The molecular formula is C10H20N2O2. The maximum atomic E-state index is 11.6. The predicted molar refractivity (Wildman–Crippen MR) is 54.7 cm³/mol. The molecule has 14 heavy (non-hydrogen) atoms. The monoisotopic (exact) mass is 200 g/mol. The van der Waals surface area contributed by atoms with Crippen molar-refractivity contribution in [1.29, 1.82) is 0 Å². The molecule has 1 saturated heterocycles. The summed E-state index contributed by atoms with van der Waals surface area (Å²) in [6, 6.07) is 0. The summed E-state index contributed by atoms with van der Waals surface area (Å²) in [5.41, 5.74) is 4.82. The molecule has 1 rings (SSSR count). The molecule has 0 saturated carbocycles. The minimum absolute atomic E-state index is 0.112. The summed E-state index contributed by atoms with van der Waals surface area (Å²) >= 11 is 0. The van der Waals surface area contributed by atoms with E-state index >= 15 is 0 Å². The zero-order chi connectivity index (χ0) is 10.8. The Morgan fingerprint density at radius 2 is 2.21 bits per heavy atom. The van der Waals surface area contributed by atoms with Gasteiger partial charge in [0.05, 0.1) is 18.7 Å². The van der Waals surface area contributed by atoms with Gasteiger partial charge in [-0.1, -0.05) is 13.8 Å². The highest BCUT2D eigenvalue weighted by Gasteiger charge is 2.41. The largest absolute Gasteiger partial charge is 0.386 e. The first-order valence-corrected chi connectivity index (χ1v) is 5.21. The molecule has 0 radical (unpaired) electrons. The standard InChI is InChI=1S/C10H20N2O2/c1-3-10(14)6-12(7-10)9(13)4-8(2)5-11/h8,14H,3-7,11H2,1-2H3. The lowest BCUT2D eigenvalue weighted by molar-refractivity contribution is -0.156. The maximum Gasteiger partial charge on any atom is 0.223 e. The second kappa shape index (κ2) is 4.28. The zero-order valence-corrected chi connectivity index (χ0v) is 8.99. The topological polar surface area (TPSA) is 66.6 Å². The van der Waals surface area contributed by atoms with Crippen LogP contribution in [0.15, 0.2) is 0 Å². The Morgan fingerprint density at radius 1 is 1.64 bits per heavy atom. The summed E-state index contributed by atoms with van der Waals surface area (Å²) < 4.78 is 0. The lowest BCUT2D eigenvalue weighted by atomic mass is 9.90. The van der Waals surface area contributed by atoms with Crippen molar-refractivity contribution in [3.8, 4) is 0 Å². The van der Waals surface area contributed by atoms with Gasteiger partial charge in [-0.05, 0) is 18.9 Å². The number of nitrogens with two attached hydrogens (primary N) is 1. The van der Waals surface area contributed by atoms with Gasteiger partial charge >= 0.3 is 0 Å². The van der Waals surface area contributed by atoms with E-state index in [0.717, 1.165) is 0 Å². The number of hydrogen-bond donors (Lipinski definition) is 2. The number of carbonyl (C=O) groups is 1. The van der Waals surface area contributed by atoms with Crippen LogP contribution in [0.1, 0.15) is 26.7 Å². The van der Waals surface area contributed by atoms with Crippen molar-refractivity contribution >= 4 is 5.91 Å². The van der Waals surface area contributed by atoms with Gasteiger partial charge in [-0.25, -0.2) is 0 Å². The Balaban J connectivity index is 2.29. The van der Waals surface area contributed by atoms with Gasteiger partial charge in [0, 0.05) is 6.42 Å². The molecule has 3 N–H and O–H groups in total. The van der Waals surface area contributed by atoms with Gasteiger partial charge in [-0.15, -0.1) is 0 Å². The first kappa shape index (κ1) is 11.5. The van der Waals surface area contributed by atoms with Crippen LogP contribution in [0.2, 0.25) is 0 Å². The Hall–Kier alpha value is -0.610. The zero-order valence-electron chi connectivity index (χ0n) is 8.99. The SMILES string of the molecule is CCC1(O)CN(C(=O)CC(C)CN)C1. The van der Waals surface area contributed by atoms with Crippen LogP contribution in [0.25, 0.3) is 0 Å². The van der Waals surface area contributed by atoms with E-state index in [2.05, 4.69) is 0 Å². The van der Waals surface area contributed by atoms with Gasteiger partial charge in [-0.2, -0.15) is 0 Å². The third kappa shape index (κ3) is 2.45. The fraction of sp³-hybridized carbons (Fsp3) is 0.900. The molecule has 0 spiro atoms. The summed E-state index contributed by atoms with van der Waals surface area (Å²) in [6.45, 7) is 5.41. The Labute approximate surface area is 85.1 Å². The quantitative estimate of drug-likeness (QED) is 0.669. The van der Waals surface area contributed by atoms with Crippen LogP contribution in [-0.4, -0.2) is 41.1 Å². The first-order chi connectivity index (χ1) is 6.50. The second-order valence-corrected chi connectivity index (χ2v) is 4.37. The molecular weight excluding hydrogens is 180 g/mol. The lowest BCUT2D eigenvalue weighted by Crippen LogP contribution is -2.63. The van der Waals surface area contributed by atoms with Crippen molar-refractivity contribution in [3.05, 3.63) is 0 Å². The van der Waals surface area contributed by atoms with Crippen LogP contribution in [0.3, 0.4) is 0 Å². The molecule has 1 heterocycles. The molecule has 0 aromatic carbocycles. The number of carbonyl (C=O) groups excluding carboxylic acids is 1. The highest BCUT2D eigenvalue weighted by atomic mass is 16.3. The summed E-state index contributed by atoms with van der Waals surface area (Å²) in [5, 5.41) is 9.71. The molecule has 0 aromatic heterocycles. The molecule has 1 atom stereocenters. The fourth-order valence-electron chi connectivity index (χ4n) is 1.57. The van der Waals surface area contributed by atoms with Gasteiger partial charge < -0.3 is 15.7 Å². The molecule has 1 aliphatic heterocycles. The van der Waals surface area contributed by atoms with Crippen LogP contribution in [0.5, 0.6) is 0 Å². The number of likely N-dealkylation sites (tertiary alicyclic amines) is 1. The highest BCUT2D eigenvalue weighted by Crippen LogP contribution is 2.25. The third-order valence-corrected chi connectivity index (χ3v) is 2.91. The van der Waals surface area contributed by atoms with Gasteiger partial charge in [0.25, 0.3) is 0 Å². The average Bonchev–Trinajstić information content (AvgIpc) is 2.12. The van der Waals surface area contributed by atoms with Crippen molar-refractivity contribution in [1.82, 2.24) is 4.90 Å². The van der Waals surface area contributed by atoms with E-state index in [9.17, 15) is 9.90 Å². The molecule has 1 fully saturated rings. The van der Waals surface area contributed by atoms with E-state index in [4.69, 9.17) is 5.73 Å². The van der Waals surface area contributed by atoms with E-state index in [1.165, 1.54) is 0 Å². The van der Waals surface area contributed by atoms with Crippen molar-refractivity contribution < 1.29 is 9.90 Å². The molecule has 1 aliphatic rings. The van der Waals surface area contributed by atoms with E-state index in [1.54, 1.807) is 4.90 Å². The minimum Gasteiger partial charge on any atom is -0.386 e. The molecule has 0 bridgehead atoms. The number of amides is 1. The second-order valence-electron chi connectivity index (χ2n) is 4.37. The van der Waals surface area contributed by atoms with Crippen molar-refractivity contribution in [3.63, 3.8) is 0 Å². The van der Waals surface area contributed by atoms with Crippen molar-refractivity contribution in [2.24, 2.45) is 11.7 Å². The molecule has 4 heteroatoms. The molecule has 4 nitrogen and oxygen atoms in total. The third-order valence-electron chi connectivity index (χ3n) is 2.91. The molecule has 1 unspecified atom stereocenters. The van der Waals surface area contributed by atoms with Crippen LogP contribution >= 0.6 is 0 Å². The lowest BCUT2D eigenvalue weighted by Gasteiger charge is -2.46. The van der Waals surface area contributed by atoms with Gasteiger partial charge in [-0.3, -0.25) is 4.79 Å². The normalized spacial score (nSPS) is 21.6. The van der Waals surface area contributed by atoms with Crippen LogP contribution < -0.4 is 5.73 Å². The average molecular weight is 200 g/mol. The predicted octanol–water partition coefficient (Wildman–Crippen LogP) is -0.0454. The first-order valence-electron chi connectivity index (χ1n) is 5.21. The number of nitrogens with zero attached hydrogens (tertiary/aromatic N) is 1. The van der Waals surface area contributed by atoms with Gasteiger partial charge in [0.2, 0.25) is 5.91 Å². The summed E-state index contributed by atoms with van der Waals surface area (Å²) in [7, 11) is 0. The number of rotatable bonds is 4. The Morgan fingerprint density at radius 3 is 2.64 bits per heavy atom. The van der Waals surface area contributed by atoms with E-state index < -0.39 is 5.60 Å². The number of β-amino-alcohol motifs (C(OH)–C–C–N with tert-alkyl or cyclic N) is 1. The van der Waals surface area contributed by atoms with E-state index in [-0.39, 0.29) is 11.8 Å². The van der Waals surface area contributed by atoms with E-state index in [1.807, 2.05) is 13.8 Å². The summed E-state index contributed by atoms with van der Waals surface area (Å²) in [4.78, 5) is 13.3. The van der Waals surface area contributed by atoms with E-state index in [0.29, 0.717) is 32.5 Å². The summed E-state index contributed by atoms with van der Waals surface area (Å²) in [5.74, 6) is 0.346. The Bertz CT molecular complexity index is 212. The molecule has 1 amide bonds. The van der Waals surface area contributed by atoms with Crippen molar-refractivity contribution in [2.75, 3.05) is 19.6 Å². The molecule has 0 aliphatic carbocycles. The highest BCUT2D eigenvalue weighted by molar-refractivity contribution is 5.77. The number of aliphatic hydroxyl groups is 1. The molecule has 0 aromatic rings. The molecule has 82 valence electrons. The van der Waals surface area contributed by atoms with Crippen LogP contribution in [0, 0.1) is 5.92 Å². The Kier molecular flexibility index (Phi) is 3.50. The maximum absolute atomic E-state index is 11.6. The number of hydrogen-bond acceptors (Lipinski definition) is 3. The van der Waals surface area contributed by atoms with Crippen LogP contribution in [-0.2, 0) is 4.79 Å².